The number of rotatable bonds is 36. The Morgan fingerprint density at radius 3 is 1.04 bits per heavy atom. The van der Waals surface area contributed by atoms with E-state index in [-0.39, 0.29) is 0 Å². The fourth-order valence-corrected chi connectivity index (χ4v) is 7.42. The Morgan fingerprint density at radius 1 is 0.422 bits per heavy atom. The van der Waals surface area contributed by atoms with E-state index in [1.807, 2.05) is 0 Å². The Bertz CT molecular complexity index is 694. The van der Waals surface area contributed by atoms with Gasteiger partial charge in [-0.2, -0.15) is 0 Å². The van der Waals surface area contributed by atoms with Crippen LogP contribution in [0.3, 0.4) is 0 Å². The van der Waals surface area contributed by atoms with Crippen LogP contribution in [0.5, 0.6) is 0 Å². The molecule has 0 amide bonds. The Hall–Kier alpha value is -0.790. The van der Waals surface area contributed by atoms with Crippen LogP contribution in [0.25, 0.3) is 0 Å². The predicted molar refractivity (Wildman–Crippen MR) is 204 cm³/mol. The quantitative estimate of drug-likeness (QED) is 0.0676. The van der Waals surface area contributed by atoms with Gasteiger partial charge in [0, 0.05) is 24.4 Å². The number of imidazole rings is 1. The molecule has 2 heteroatoms. The van der Waals surface area contributed by atoms with Crippen molar-refractivity contribution in [2.24, 2.45) is 0 Å². The van der Waals surface area contributed by atoms with Gasteiger partial charge >= 0.3 is 0 Å². The molecular formula is C43H84N2. The first-order chi connectivity index (χ1) is 22.2. The third-order valence-corrected chi connectivity index (χ3v) is 10.6. The Kier molecular flexibility index (Phi) is 31.1. The minimum absolute atomic E-state index is 0.588. The molecule has 0 radical (unpaired) electrons. The van der Waals surface area contributed by atoms with E-state index in [0.717, 1.165) is 0 Å². The van der Waals surface area contributed by atoms with Crippen LogP contribution in [0.15, 0.2) is 12.4 Å². The van der Waals surface area contributed by atoms with Crippen molar-refractivity contribution >= 4 is 0 Å². The molecule has 2 atom stereocenters. The standard InChI is InChI=1S/C43H84N2/c1-5-8-11-14-17-19-21-23-25-27-29-32-35-38-42(37-34-31-28-26-24-22-20-18-15-12-9-6-2)43-44-39-40-45(43)41(4)36-33-30-16-13-10-7-3/h39-42H,5-38H2,1-4H3. The van der Waals surface area contributed by atoms with Crippen molar-refractivity contribution in [1.29, 1.82) is 0 Å². The molecule has 0 saturated carbocycles. The highest BCUT2D eigenvalue weighted by molar-refractivity contribution is 5.02. The molecule has 1 aromatic heterocycles. The molecule has 0 fully saturated rings. The summed E-state index contributed by atoms with van der Waals surface area (Å²) < 4.78 is 2.58. The summed E-state index contributed by atoms with van der Waals surface area (Å²) in [4.78, 5) is 5.02. The largest absolute Gasteiger partial charge is 0.332 e. The van der Waals surface area contributed by atoms with Gasteiger partial charge in [-0.1, -0.05) is 220 Å². The topological polar surface area (TPSA) is 17.8 Å². The molecule has 0 aliphatic rings. The maximum absolute atomic E-state index is 5.02. The molecule has 0 aliphatic carbocycles. The van der Waals surface area contributed by atoms with Crippen LogP contribution in [0.1, 0.15) is 264 Å². The highest BCUT2D eigenvalue weighted by Crippen LogP contribution is 2.31. The first-order valence-electron chi connectivity index (χ1n) is 21.3. The van der Waals surface area contributed by atoms with Crippen LogP contribution in [0, 0.1) is 0 Å². The van der Waals surface area contributed by atoms with E-state index in [1.165, 1.54) is 224 Å². The van der Waals surface area contributed by atoms with E-state index in [1.54, 1.807) is 0 Å². The van der Waals surface area contributed by atoms with Crippen molar-refractivity contribution in [3.63, 3.8) is 0 Å². The van der Waals surface area contributed by atoms with Crippen LogP contribution < -0.4 is 0 Å². The van der Waals surface area contributed by atoms with Gasteiger partial charge in [0.1, 0.15) is 5.82 Å². The Balaban J connectivity index is 2.38. The van der Waals surface area contributed by atoms with Crippen molar-refractivity contribution in [2.45, 2.75) is 258 Å². The summed E-state index contributed by atoms with van der Waals surface area (Å²) in [6.45, 7) is 9.39. The third-order valence-electron chi connectivity index (χ3n) is 10.6. The van der Waals surface area contributed by atoms with Crippen molar-refractivity contribution in [2.75, 3.05) is 0 Å². The molecule has 0 bridgehead atoms. The van der Waals surface area contributed by atoms with Crippen LogP contribution in [-0.2, 0) is 0 Å². The molecule has 2 nitrogen and oxygen atoms in total. The van der Waals surface area contributed by atoms with Gasteiger partial charge in [0.15, 0.2) is 0 Å². The minimum atomic E-state index is 0.588. The number of unbranched alkanes of at least 4 members (excludes halogenated alkanes) is 28. The van der Waals surface area contributed by atoms with Gasteiger partial charge in [-0.15, -0.1) is 0 Å². The summed E-state index contributed by atoms with van der Waals surface area (Å²) in [7, 11) is 0. The fraction of sp³-hybridized carbons (Fsp3) is 0.930. The smallest absolute Gasteiger partial charge is 0.111 e. The van der Waals surface area contributed by atoms with Crippen LogP contribution >= 0.6 is 0 Å². The first kappa shape index (κ1) is 42.2. The van der Waals surface area contributed by atoms with Gasteiger partial charge in [-0.3, -0.25) is 0 Å². The second-order valence-electron chi connectivity index (χ2n) is 15.0. The van der Waals surface area contributed by atoms with Crippen molar-refractivity contribution in [3.05, 3.63) is 18.2 Å². The van der Waals surface area contributed by atoms with Gasteiger partial charge in [-0.25, -0.2) is 4.98 Å². The van der Waals surface area contributed by atoms with E-state index in [9.17, 15) is 0 Å². The van der Waals surface area contributed by atoms with E-state index in [4.69, 9.17) is 4.98 Å². The number of aromatic nitrogens is 2. The van der Waals surface area contributed by atoms with E-state index >= 15 is 0 Å². The molecular weight excluding hydrogens is 544 g/mol. The summed E-state index contributed by atoms with van der Waals surface area (Å²) in [5.41, 5.74) is 0. The van der Waals surface area contributed by atoms with Gasteiger partial charge in [0.2, 0.25) is 0 Å². The number of hydrogen-bond acceptors (Lipinski definition) is 1. The maximum atomic E-state index is 5.02. The molecule has 0 aromatic carbocycles. The Morgan fingerprint density at radius 2 is 0.711 bits per heavy atom. The molecule has 0 aliphatic heterocycles. The second-order valence-corrected chi connectivity index (χ2v) is 15.0. The summed E-state index contributed by atoms with van der Waals surface area (Å²) in [6.07, 6.45) is 52.7. The van der Waals surface area contributed by atoms with Gasteiger partial charge < -0.3 is 4.57 Å². The number of hydrogen-bond donors (Lipinski definition) is 0. The van der Waals surface area contributed by atoms with Crippen molar-refractivity contribution < 1.29 is 0 Å². The maximum Gasteiger partial charge on any atom is 0.111 e. The van der Waals surface area contributed by atoms with Crippen LogP contribution in [-0.4, -0.2) is 9.55 Å². The SMILES string of the molecule is CCCCCCCCCCCCCCCC(CCCCCCCCCCCCCC)c1nccn1C(C)CCCCCCCC. The van der Waals surface area contributed by atoms with E-state index in [2.05, 4.69) is 44.7 Å². The lowest BCUT2D eigenvalue weighted by atomic mass is 9.92. The molecule has 0 N–H and O–H groups in total. The summed E-state index contributed by atoms with van der Waals surface area (Å²) in [6, 6.07) is 0.588. The second kappa shape index (κ2) is 33.1. The molecule has 1 rings (SSSR count). The molecule has 1 heterocycles. The molecule has 45 heavy (non-hydrogen) atoms. The number of nitrogens with zero attached hydrogens (tertiary/aromatic N) is 2. The predicted octanol–water partition coefficient (Wildman–Crippen LogP) is 15.9. The van der Waals surface area contributed by atoms with E-state index in [0.29, 0.717) is 12.0 Å². The molecule has 266 valence electrons. The Labute approximate surface area is 285 Å². The van der Waals surface area contributed by atoms with Crippen LogP contribution in [0.4, 0.5) is 0 Å². The first-order valence-corrected chi connectivity index (χ1v) is 21.3. The molecule has 0 saturated heterocycles. The fourth-order valence-electron chi connectivity index (χ4n) is 7.42. The van der Waals surface area contributed by atoms with Crippen LogP contribution in [0.2, 0.25) is 0 Å². The van der Waals surface area contributed by atoms with Gasteiger partial charge in [-0.05, 0) is 26.2 Å². The zero-order valence-corrected chi connectivity index (χ0v) is 31.7. The average Bonchev–Trinajstić information content (AvgIpc) is 3.54. The normalized spacial score (nSPS) is 13.1. The zero-order valence-electron chi connectivity index (χ0n) is 31.7. The third kappa shape index (κ3) is 25.0. The zero-order chi connectivity index (χ0) is 32.5. The average molecular weight is 629 g/mol. The lowest BCUT2D eigenvalue weighted by Crippen LogP contribution is -2.13. The summed E-state index contributed by atoms with van der Waals surface area (Å²) in [5.74, 6) is 2.07. The highest BCUT2D eigenvalue weighted by atomic mass is 15.1. The monoisotopic (exact) mass is 629 g/mol. The van der Waals surface area contributed by atoms with Crippen molar-refractivity contribution in [3.8, 4) is 0 Å². The minimum Gasteiger partial charge on any atom is -0.332 e. The molecule has 1 aromatic rings. The lowest BCUT2D eigenvalue weighted by Gasteiger charge is -2.22. The van der Waals surface area contributed by atoms with E-state index < -0.39 is 0 Å². The summed E-state index contributed by atoms with van der Waals surface area (Å²) in [5, 5.41) is 0. The molecule has 0 spiro atoms. The molecule has 2 unspecified atom stereocenters. The summed E-state index contributed by atoms with van der Waals surface area (Å²) >= 11 is 0. The highest BCUT2D eigenvalue weighted by Gasteiger charge is 2.19. The van der Waals surface area contributed by atoms with Gasteiger partial charge in [0.05, 0.1) is 0 Å². The van der Waals surface area contributed by atoms with Crippen molar-refractivity contribution in [1.82, 2.24) is 9.55 Å². The lowest BCUT2D eigenvalue weighted by molar-refractivity contribution is 0.412. The van der Waals surface area contributed by atoms with Gasteiger partial charge in [0.25, 0.3) is 0 Å².